The van der Waals surface area contributed by atoms with Crippen LogP contribution in [0.2, 0.25) is 0 Å². The van der Waals surface area contributed by atoms with E-state index in [1.807, 2.05) is 31.2 Å². The summed E-state index contributed by atoms with van der Waals surface area (Å²) in [5.41, 5.74) is 3.02. The summed E-state index contributed by atoms with van der Waals surface area (Å²) in [5.74, 6) is -0.669. The molecule has 0 aromatic heterocycles. The summed E-state index contributed by atoms with van der Waals surface area (Å²) in [6, 6.07) is 14.7. The second kappa shape index (κ2) is 8.37. The molecule has 0 atom stereocenters. The van der Waals surface area contributed by atoms with Crippen molar-refractivity contribution < 1.29 is 28.0 Å². The molecule has 30 heavy (non-hydrogen) atoms. The highest BCUT2D eigenvalue weighted by Crippen LogP contribution is 2.38. The van der Waals surface area contributed by atoms with Crippen LogP contribution in [-0.2, 0) is 29.6 Å². The summed E-state index contributed by atoms with van der Waals surface area (Å²) >= 11 is 0. The minimum atomic E-state index is -3.56. The Labute approximate surface area is 177 Å². The van der Waals surface area contributed by atoms with Gasteiger partial charge in [-0.1, -0.05) is 55.8 Å². The van der Waals surface area contributed by atoms with Gasteiger partial charge in [-0.2, -0.15) is 23.9 Å². The van der Waals surface area contributed by atoms with E-state index in [-0.39, 0.29) is 18.0 Å². The van der Waals surface area contributed by atoms with Crippen molar-refractivity contribution in [3.63, 3.8) is 0 Å². The van der Waals surface area contributed by atoms with E-state index in [1.165, 1.54) is 9.87 Å². The van der Waals surface area contributed by atoms with E-state index in [0.29, 0.717) is 18.8 Å². The Balaban J connectivity index is 1.36. The van der Waals surface area contributed by atoms with Gasteiger partial charge in [0.1, 0.15) is 0 Å². The van der Waals surface area contributed by atoms with Crippen molar-refractivity contribution in [1.29, 1.82) is 0 Å². The predicted octanol–water partition coefficient (Wildman–Crippen LogP) is 4.21. The monoisotopic (exact) mass is 433 g/mol. The Kier molecular flexibility index (Phi) is 5.98. The van der Waals surface area contributed by atoms with Crippen molar-refractivity contribution >= 4 is 10.0 Å². The largest absolute Gasteiger partial charge is 0.249 e. The van der Waals surface area contributed by atoms with E-state index < -0.39 is 22.1 Å². The highest BCUT2D eigenvalue weighted by Gasteiger charge is 2.46. The van der Waals surface area contributed by atoms with Crippen molar-refractivity contribution in [3.8, 4) is 0 Å². The van der Waals surface area contributed by atoms with Crippen LogP contribution in [0, 0.1) is 6.92 Å². The molecule has 2 heterocycles. The Morgan fingerprint density at radius 3 is 2.03 bits per heavy atom. The lowest BCUT2D eigenvalue weighted by Gasteiger charge is -2.41. The number of aryl methyl sites for hydroxylation is 1. The molecule has 2 saturated heterocycles. The maximum atomic E-state index is 12.9. The molecule has 0 aliphatic carbocycles. The number of benzene rings is 2. The first-order valence-electron chi connectivity index (χ1n) is 10.1. The molecule has 0 bridgehead atoms. The van der Waals surface area contributed by atoms with E-state index >= 15 is 0 Å². The average Bonchev–Trinajstić information content (AvgIpc) is 2.75. The summed E-state index contributed by atoms with van der Waals surface area (Å²) < 4.78 is 27.2. The summed E-state index contributed by atoms with van der Waals surface area (Å²) in [4.78, 5) is 22.3. The van der Waals surface area contributed by atoms with Crippen LogP contribution in [0.25, 0.3) is 0 Å². The molecule has 4 rings (SSSR count). The summed E-state index contributed by atoms with van der Waals surface area (Å²) in [7, 11) is -3.56. The van der Waals surface area contributed by atoms with Gasteiger partial charge >= 0.3 is 0 Å². The van der Waals surface area contributed by atoms with Gasteiger partial charge in [-0.15, -0.1) is 0 Å². The molecule has 2 aliphatic heterocycles. The molecular formula is C22H27NO6S. The number of nitrogens with zero attached hydrogens (tertiary/aromatic N) is 1. The first kappa shape index (κ1) is 21.4. The van der Waals surface area contributed by atoms with Crippen LogP contribution in [0.3, 0.4) is 0 Å². The standard InChI is InChI=1S/C22H27NO6S/c1-16(2)18-6-8-19(9-7-18)21-26-28-22(29-27-21)12-14-23(15-13-22)30(24,25)20-10-4-17(3)5-11-20/h4-11,16,21H,12-15H2,1-3H3. The molecule has 162 valence electrons. The van der Waals surface area contributed by atoms with Gasteiger partial charge in [0.05, 0.1) is 4.90 Å². The first-order chi connectivity index (χ1) is 14.3. The normalized spacial score (nSPS) is 20.7. The highest BCUT2D eigenvalue weighted by molar-refractivity contribution is 7.89. The molecular weight excluding hydrogens is 406 g/mol. The highest BCUT2D eigenvalue weighted by atomic mass is 32.2. The molecule has 2 aromatic rings. The Morgan fingerprint density at radius 1 is 0.933 bits per heavy atom. The maximum Gasteiger partial charge on any atom is 0.249 e. The summed E-state index contributed by atoms with van der Waals surface area (Å²) in [6.07, 6.45) is -0.181. The lowest BCUT2D eigenvalue weighted by atomic mass is 10.0. The zero-order valence-electron chi connectivity index (χ0n) is 17.4. The Morgan fingerprint density at radius 2 is 1.50 bits per heavy atom. The Hall–Kier alpha value is -1.81. The molecule has 8 heteroatoms. The van der Waals surface area contributed by atoms with Gasteiger partial charge in [-0.3, -0.25) is 0 Å². The maximum absolute atomic E-state index is 12.9. The van der Waals surface area contributed by atoms with E-state index in [0.717, 1.165) is 11.1 Å². The van der Waals surface area contributed by atoms with Crippen molar-refractivity contribution in [2.24, 2.45) is 0 Å². The number of hydrogen-bond donors (Lipinski definition) is 0. The van der Waals surface area contributed by atoms with Gasteiger partial charge in [-0.25, -0.2) is 8.42 Å². The van der Waals surface area contributed by atoms with Crippen molar-refractivity contribution in [2.45, 2.75) is 56.5 Å². The third-order valence-electron chi connectivity index (χ3n) is 5.59. The summed E-state index contributed by atoms with van der Waals surface area (Å²) in [6.45, 7) is 6.67. The fraction of sp³-hybridized carbons (Fsp3) is 0.455. The molecule has 2 aliphatic rings. The molecule has 0 radical (unpaired) electrons. The number of sulfonamides is 1. The Bertz CT molecular complexity index is 954. The molecule has 2 fully saturated rings. The van der Waals surface area contributed by atoms with Crippen LogP contribution in [0.15, 0.2) is 53.4 Å². The zero-order valence-corrected chi connectivity index (χ0v) is 18.2. The predicted molar refractivity (Wildman–Crippen MR) is 110 cm³/mol. The van der Waals surface area contributed by atoms with Gasteiger partial charge in [0, 0.05) is 31.5 Å². The third-order valence-corrected chi connectivity index (χ3v) is 7.51. The third kappa shape index (κ3) is 4.30. The number of rotatable bonds is 4. The van der Waals surface area contributed by atoms with Crippen molar-refractivity contribution in [2.75, 3.05) is 13.1 Å². The van der Waals surface area contributed by atoms with Crippen LogP contribution in [-0.4, -0.2) is 31.6 Å². The van der Waals surface area contributed by atoms with Gasteiger partial charge in [0.2, 0.25) is 22.1 Å². The van der Waals surface area contributed by atoms with Crippen LogP contribution < -0.4 is 0 Å². The number of piperidine rings is 1. The minimum Gasteiger partial charge on any atom is -0.207 e. The van der Waals surface area contributed by atoms with Gasteiger partial charge < -0.3 is 0 Å². The van der Waals surface area contributed by atoms with Crippen molar-refractivity contribution in [3.05, 3.63) is 65.2 Å². The van der Waals surface area contributed by atoms with Gasteiger partial charge in [0.15, 0.2) is 0 Å². The van der Waals surface area contributed by atoms with Crippen LogP contribution in [0.4, 0.5) is 0 Å². The van der Waals surface area contributed by atoms with Crippen LogP contribution in [0.5, 0.6) is 0 Å². The van der Waals surface area contributed by atoms with Crippen LogP contribution in [0.1, 0.15) is 55.6 Å². The summed E-state index contributed by atoms with van der Waals surface area (Å²) in [5, 5.41) is 0. The molecule has 0 amide bonds. The fourth-order valence-corrected chi connectivity index (χ4v) is 4.98. The zero-order chi connectivity index (χ0) is 21.4. The first-order valence-corrected chi connectivity index (χ1v) is 11.6. The van der Waals surface area contributed by atoms with Gasteiger partial charge in [-0.05, 0) is 30.5 Å². The molecule has 0 saturated carbocycles. The van der Waals surface area contributed by atoms with E-state index in [9.17, 15) is 8.42 Å². The second-order valence-electron chi connectivity index (χ2n) is 8.14. The molecule has 0 unspecified atom stereocenters. The minimum absolute atomic E-state index is 0.247. The van der Waals surface area contributed by atoms with Crippen molar-refractivity contribution in [1.82, 2.24) is 4.31 Å². The SMILES string of the molecule is Cc1ccc(S(=O)(=O)N2CCC3(CC2)OOC(c2ccc(C(C)C)cc2)OO3)cc1. The van der Waals surface area contributed by atoms with Gasteiger partial charge in [0.25, 0.3) is 0 Å². The van der Waals surface area contributed by atoms with E-state index in [4.69, 9.17) is 19.6 Å². The quantitative estimate of drug-likeness (QED) is 0.673. The lowest BCUT2D eigenvalue weighted by Crippen LogP contribution is -2.51. The van der Waals surface area contributed by atoms with Crippen LogP contribution >= 0.6 is 0 Å². The van der Waals surface area contributed by atoms with E-state index in [1.54, 1.807) is 24.3 Å². The fourth-order valence-electron chi connectivity index (χ4n) is 3.54. The number of hydrogen-bond acceptors (Lipinski definition) is 6. The topological polar surface area (TPSA) is 74.3 Å². The molecule has 0 N–H and O–H groups in total. The molecule has 1 spiro atoms. The smallest absolute Gasteiger partial charge is 0.207 e. The second-order valence-corrected chi connectivity index (χ2v) is 10.1. The molecule has 2 aromatic carbocycles. The lowest BCUT2D eigenvalue weighted by molar-refractivity contribution is -0.633. The average molecular weight is 434 g/mol. The van der Waals surface area contributed by atoms with E-state index in [2.05, 4.69) is 13.8 Å². The molecule has 7 nitrogen and oxygen atoms in total.